The van der Waals surface area contributed by atoms with Crippen molar-refractivity contribution in [3.05, 3.63) is 107 Å². The minimum absolute atomic E-state index is 0.00115. The Labute approximate surface area is 368 Å². The fourth-order valence-corrected chi connectivity index (χ4v) is 9.50. The number of unbranched alkanes of at least 4 members (excludes halogenated alkanes) is 8. The molecule has 4 aliphatic rings. The minimum Gasteiger partial charge on any atom is -0.356 e. The molecule has 1 unspecified atom stereocenters. The maximum atomic E-state index is 14.1. The number of benzene rings is 3. The Morgan fingerprint density at radius 2 is 1.10 bits per heavy atom. The molecule has 62 heavy (non-hydrogen) atoms. The molecule has 0 spiro atoms. The molecular formula is C51H68N6O5. The number of rotatable bonds is 22. The van der Waals surface area contributed by atoms with Crippen LogP contribution >= 0.6 is 0 Å². The van der Waals surface area contributed by atoms with Gasteiger partial charge in [0.15, 0.2) is 0 Å². The number of likely N-dealkylation sites (tertiary alicyclic amines) is 1. The molecule has 11 nitrogen and oxygen atoms in total. The number of nitrogens with one attached hydrogen (secondary N) is 3. The van der Waals surface area contributed by atoms with E-state index in [0.717, 1.165) is 63.4 Å². The van der Waals surface area contributed by atoms with E-state index in [-0.39, 0.29) is 72.6 Å². The fourth-order valence-electron chi connectivity index (χ4n) is 9.50. The SMILES string of the molecule is CCCCCCCCN1CC(C(=O)NCCCCCC)CN(Cc2ccc(C(=O)N3C[C@@H](C(=O)N[C@H]4C[C@@H]4c4ccccc4)[C@H](C(=O)N[C@H]4C[C@@H]4c4ccccc4)C3)cc2)C1=O. The summed E-state index contributed by atoms with van der Waals surface area (Å²) in [4.78, 5) is 74.5. The third kappa shape index (κ3) is 11.8. The molecule has 2 aliphatic carbocycles. The Hall–Kier alpha value is -5.19. The topological polar surface area (TPSA) is 131 Å². The molecule has 2 heterocycles. The van der Waals surface area contributed by atoms with E-state index in [1.165, 1.54) is 30.4 Å². The number of urea groups is 1. The minimum atomic E-state index is -0.671. The summed E-state index contributed by atoms with van der Waals surface area (Å²) in [7, 11) is 0. The van der Waals surface area contributed by atoms with Gasteiger partial charge in [-0.25, -0.2) is 4.79 Å². The van der Waals surface area contributed by atoms with Crippen LogP contribution in [0.3, 0.4) is 0 Å². The molecule has 3 N–H and O–H groups in total. The van der Waals surface area contributed by atoms with Gasteiger partial charge in [0.1, 0.15) is 0 Å². The molecule has 2 saturated heterocycles. The summed E-state index contributed by atoms with van der Waals surface area (Å²) in [5.41, 5.74) is 3.70. The second-order valence-corrected chi connectivity index (χ2v) is 18.3. The van der Waals surface area contributed by atoms with Crippen LogP contribution in [-0.2, 0) is 20.9 Å². The van der Waals surface area contributed by atoms with Crippen molar-refractivity contribution < 1.29 is 24.0 Å². The fraction of sp³-hybridized carbons (Fsp3) is 0.549. The lowest BCUT2D eigenvalue weighted by Crippen LogP contribution is -2.56. The number of carbonyl (C=O) groups excluding carboxylic acids is 5. The van der Waals surface area contributed by atoms with Crippen LogP contribution in [0.15, 0.2) is 84.9 Å². The maximum Gasteiger partial charge on any atom is 0.320 e. The van der Waals surface area contributed by atoms with Crippen LogP contribution < -0.4 is 16.0 Å². The van der Waals surface area contributed by atoms with Crippen LogP contribution in [0, 0.1) is 17.8 Å². The number of carbonyl (C=O) groups is 5. The van der Waals surface area contributed by atoms with Gasteiger partial charge >= 0.3 is 6.03 Å². The summed E-state index contributed by atoms with van der Waals surface area (Å²) in [5, 5.41) is 9.57. The third-order valence-corrected chi connectivity index (χ3v) is 13.5. The van der Waals surface area contributed by atoms with Crippen molar-refractivity contribution in [1.82, 2.24) is 30.7 Å². The van der Waals surface area contributed by atoms with E-state index >= 15 is 0 Å². The third-order valence-electron chi connectivity index (χ3n) is 13.5. The lowest BCUT2D eigenvalue weighted by atomic mass is 9.94. The highest BCUT2D eigenvalue weighted by Gasteiger charge is 2.49. The van der Waals surface area contributed by atoms with Gasteiger partial charge in [0.05, 0.1) is 17.8 Å². The van der Waals surface area contributed by atoms with E-state index < -0.39 is 11.8 Å². The van der Waals surface area contributed by atoms with Gasteiger partial charge in [-0.2, -0.15) is 0 Å². The number of nitrogens with zero attached hydrogens (tertiary/aromatic N) is 3. The molecule has 6 amide bonds. The zero-order valence-electron chi connectivity index (χ0n) is 36.9. The van der Waals surface area contributed by atoms with E-state index in [4.69, 9.17) is 0 Å². The summed E-state index contributed by atoms with van der Waals surface area (Å²) >= 11 is 0. The summed E-state index contributed by atoms with van der Waals surface area (Å²) in [6, 6.07) is 27.5. The quantitative estimate of drug-likeness (QED) is 0.0896. The molecule has 3 aromatic rings. The Morgan fingerprint density at radius 1 is 0.581 bits per heavy atom. The smallest absolute Gasteiger partial charge is 0.320 e. The zero-order chi connectivity index (χ0) is 43.4. The number of hydrogen-bond donors (Lipinski definition) is 3. The van der Waals surface area contributed by atoms with Crippen molar-refractivity contribution in [1.29, 1.82) is 0 Å². The van der Waals surface area contributed by atoms with Crippen LogP contribution in [0.4, 0.5) is 4.79 Å². The molecule has 0 bridgehead atoms. The predicted molar refractivity (Wildman–Crippen MR) is 242 cm³/mol. The molecule has 332 valence electrons. The highest BCUT2D eigenvalue weighted by molar-refractivity contribution is 5.97. The van der Waals surface area contributed by atoms with E-state index in [2.05, 4.69) is 54.1 Å². The molecule has 0 aromatic heterocycles. The largest absolute Gasteiger partial charge is 0.356 e. The van der Waals surface area contributed by atoms with E-state index in [1.54, 1.807) is 21.9 Å². The Bertz CT molecular complexity index is 1880. The Balaban J connectivity index is 0.986. The monoisotopic (exact) mass is 845 g/mol. The Kier molecular flexibility index (Phi) is 15.7. The average Bonchev–Trinajstić information content (AvgIpc) is 4.20. The van der Waals surface area contributed by atoms with Gasteiger partial charge in [0.25, 0.3) is 5.91 Å². The highest BCUT2D eigenvalue weighted by atomic mass is 16.2. The first-order valence-corrected chi connectivity index (χ1v) is 23.6. The van der Waals surface area contributed by atoms with Gasteiger partial charge < -0.3 is 30.7 Å². The second kappa shape index (κ2) is 21.7. The van der Waals surface area contributed by atoms with Crippen molar-refractivity contribution in [2.24, 2.45) is 17.8 Å². The van der Waals surface area contributed by atoms with Gasteiger partial charge in [-0.3, -0.25) is 19.2 Å². The molecule has 3 aromatic carbocycles. The summed E-state index contributed by atoms with van der Waals surface area (Å²) in [5.74, 6) is -1.78. The van der Waals surface area contributed by atoms with Gasteiger partial charge in [0, 0.05) is 75.3 Å². The molecular weight excluding hydrogens is 777 g/mol. The lowest BCUT2D eigenvalue weighted by Gasteiger charge is -2.39. The summed E-state index contributed by atoms with van der Waals surface area (Å²) in [6.07, 6.45) is 12.8. The van der Waals surface area contributed by atoms with Crippen LogP contribution in [0.1, 0.15) is 130 Å². The molecule has 0 radical (unpaired) electrons. The van der Waals surface area contributed by atoms with E-state index in [0.29, 0.717) is 38.3 Å². The number of amides is 6. The van der Waals surface area contributed by atoms with Crippen molar-refractivity contribution in [3.63, 3.8) is 0 Å². The highest BCUT2D eigenvalue weighted by Crippen LogP contribution is 2.42. The van der Waals surface area contributed by atoms with Crippen LogP contribution in [-0.4, -0.2) is 95.7 Å². The molecule has 4 fully saturated rings. The first-order chi connectivity index (χ1) is 30.2. The van der Waals surface area contributed by atoms with Gasteiger partial charge in [0.2, 0.25) is 17.7 Å². The average molecular weight is 845 g/mol. The second-order valence-electron chi connectivity index (χ2n) is 18.3. The van der Waals surface area contributed by atoms with E-state index in [9.17, 15) is 24.0 Å². The molecule has 2 saturated carbocycles. The van der Waals surface area contributed by atoms with Crippen LogP contribution in [0.2, 0.25) is 0 Å². The Morgan fingerprint density at radius 3 is 1.66 bits per heavy atom. The normalized spacial score (nSPS) is 24.1. The molecule has 2 aliphatic heterocycles. The summed E-state index contributed by atoms with van der Waals surface area (Å²) in [6.45, 7) is 7.05. The lowest BCUT2D eigenvalue weighted by molar-refractivity contribution is -0.133. The van der Waals surface area contributed by atoms with Gasteiger partial charge in [-0.15, -0.1) is 0 Å². The first kappa shape index (κ1) is 44.9. The predicted octanol–water partition coefficient (Wildman–Crippen LogP) is 7.63. The van der Waals surface area contributed by atoms with Crippen molar-refractivity contribution >= 4 is 29.7 Å². The van der Waals surface area contributed by atoms with Crippen molar-refractivity contribution in [2.75, 3.05) is 39.3 Å². The van der Waals surface area contributed by atoms with Crippen LogP contribution in [0.25, 0.3) is 0 Å². The maximum absolute atomic E-state index is 14.1. The number of hydrogen-bond acceptors (Lipinski definition) is 5. The molecule has 7 rings (SSSR count). The molecule has 11 heteroatoms. The van der Waals surface area contributed by atoms with Gasteiger partial charge in [-0.1, -0.05) is 138 Å². The van der Waals surface area contributed by atoms with E-state index in [1.807, 2.05) is 53.4 Å². The standard InChI is InChI=1S/C51H68N6O5/c1-3-5-7-9-10-18-28-55-32-40(47(58)52-27-17-8-6-4-2)33-57(51(55)62)31-36-23-25-39(26-24-36)50(61)56-34-43(48(59)53-45-29-41(45)37-19-13-11-14-20-37)44(35-56)49(60)54-46-30-42(46)38-21-15-12-16-22-38/h11-16,19-26,40-46H,3-10,17-18,27-35H2,1-2H3,(H,52,58)(H,53,59)(H,54,60)/t40?,41-,42-,43-,44-,45+,46+/m1/s1. The van der Waals surface area contributed by atoms with Crippen molar-refractivity contribution in [3.8, 4) is 0 Å². The summed E-state index contributed by atoms with van der Waals surface area (Å²) < 4.78 is 0. The van der Waals surface area contributed by atoms with Crippen LogP contribution in [0.5, 0.6) is 0 Å². The van der Waals surface area contributed by atoms with Crippen molar-refractivity contribution in [2.45, 2.75) is 121 Å². The van der Waals surface area contributed by atoms with Gasteiger partial charge in [-0.05, 0) is 54.5 Å². The molecule has 7 atom stereocenters. The first-order valence-electron chi connectivity index (χ1n) is 23.6. The zero-order valence-corrected chi connectivity index (χ0v) is 36.9.